The topological polar surface area (TPSA) is 79.5 Å². The Bertz CT molecular complexity index is 1280. The highest BCUT2D eigenvalue weighted by atomic mass is 35.5. The Morgan fingerprint density at radius 1 is 1.03 bits per heavy atom. The molecule has 0 aliphatic carbocycles. The molecule has 0 aliphatic heterocycles. The average Bonchev–Trinajstić information content (AvgIpc) is 3.38. The molecule has 36 heavy (non-hydrogen) atoms. The second kappa shape index (κ2) is 12.3. The molecule has 0 amide bonds. The summed E-state index contributed by atoms with van der Waals surface area (Å²) in [6, 6.07) is 21.7. The van der Waals surface area contributed by atoms with Gasteiger partial charge in [0.2, 0.25) is 0 Å². The van der Waals surface area contributed by atoms with Crippen LogP contribution >= 0.6 is 35.8 Å². The van der Waals surface area contributed by atoms with E-state index in [1.807, 2.05) is 66.7 Å². The largest absolute Gasteiger partial charge is 0.480 e. The molecule has 0 bridgehead atoms. The fraction of sp³-hybridized carbons (Fsp3) is 0.222. The lowest BCUT2D eigenvalue weighted by molar-refractivity contribution is -0.138. The van der Waals surface area contributed by atoms with E-state index in [9.17, 15) is 9.90 Å². The Hall–Kier alpha value is -3.00. The maximum atomic E-state index is 11.5. The molecule has 9 heteroatoms. The van der Waals surface area contributed by atoms with Gasteiger partial charge in [-0.1, -0.05) is 30.3 Å². The molecule has 0 saturated heterocycles. The fourth-order valence-corrected chi connectivity index (χ4v) is 4.64. The predicted molar refractivity (Wildman–Crippen MR) is 147 cm³/mol. The van der Waals surface area contributed by atoms with Gasteiger partial charge in [0, 0.05) is 29.0 Å². The van der Waals surface area contributed by atoms with Crippen molar-refractivity contribution >= 4 is 47.6 Å². The molecule has 6 nitrogen and oxygen atoms in total. The summed E-state index contributed by atoms with van der Waals surface area (Å²) in [6.07, 6.45) is 3.23. The molecule has 2 aromatic carbocycles. The van der Waals surface area contributed by atoms with Gasteiger partial charge in [-0.3, -0.25) is 4.79 Å². The maximum absolute atomic E-state index is 11.5. The summed E-state index contributed by atoms with van der Waals surface area (Å²) >= 11 is 7.34. The summed E-state index contributed by atoms with van der Waals surface area (Å²) in [5.74, 6) is 1.19. The van der Waals surface area contributed by atoms with Gasteiger partial charge in [-0.2, -0.15) is 0 Å². The van der Waals surface area contributed by atoms with Crippen LogP contribution in [0.4, 0.5) is 5.82 Å². The molecule has 2 aromatic heterocycles. The lowest BCUT2D eigenvalue weighted by Crippen LogP contribution is -2.26. The Balaban J connectivity index is 0.00000361. The fourth-order valence-electron chi connectivity index (χ4n) is 3.52. The van der Waals surface area contributed by atoms with E-state index in [4.69, 9.17) is 16.0 Å². The number of halogens is 2. The molecular formula is C27H27Cl2N3O3S. The van der Waals surface area contributed by atoms with Crippen LogP contribution in [0.1, 0.15) is 30.7 Å². The number of carboxylic acid groups (broad SMARTS) is 1. The van der Waals surface area contributed by atoms with Crippen molar-refractivity contribution in [3.8, 4) is 11.3 Å². The summed E-state index contributed by atoms with van der Waals surface area (Å²) in [6.45, 7) is 4.53. The van der Waals surface area contributed by atoms with Crippen LogP contribution in [-0.4, -0.2) is 25.8 Å². The molecular weight excluding hydrogens is 517 g/mol. The predicted octanol–water partition coefficient (Wildman–Crippen LogP) is 7.06. The second-order valence-electron chi connectivity index (χ2n) is 8.59. The molecule has 0 atom stereocenters. The number of furan rings is 1. The number of carboxylic acids is 1. The summed E-state index contributed by atoms with van der Waals surface area (Å²) < 4.78 is 4.71. The zero-order valence-electron chi connectivity index (χ0n) is 19.9. The first-order chi connectivity index (χ1) is 16.8. The van der Waals surface area contributed by atoms with Crippen molar-refractivity contribution < 1.29 is 14.3 Å². The monoisotopic (exact) mass is 543 g/mol. The number of anilines is 1. The molecule has 0 saturated carbocycles. The smallest absolute Gasteiger partial charge is 0.319 e. The SMILES string of the molecule is CC(C)(Sc1ccc(CN(Cc2ccco2)c2cc(-c3cccc(CCl)c3)ncn2)cc1)C(=O)O.Cl. The van der Waals surface area contributed by atoms with Crippen LogP contribution in [0.15, 0.2) is 88.6 Å². The third-order valence-electron chi connectivity index (χ3n) is 5.47. The lowest BCUT2D eigenvalue weighted by Gasteiger charge is -2.24. The molecule has 2 heterocycles. The van der Waals surface area contributed by atoms with Crippen LogP contribution in [0.5, 0.6) is 0 Å². The molecule has 0 aliphatic rings. The van der Waals surface area contributed by atoms with Gasteiger partial charge in [0.25, 0.3) is 0 Å². The Morgan fingerprint density at radius 3 is 2.47 bits per heavy atom. The van der Waals surface area contributed by atoms with Crippen molar-refractivity contribution in [3.05, 3.63) is 96.2 Å². The number of aliphatic carboxylic acids is 1. The quantitative estimate of drug-likeness (QED) is 0.169. The van der Waals surface area contributed by atoms with E-state index in [1.54, 1.807) is 26.4 Å². The number of carbonyl (C=O) groups is 1. The van der Waals surface area contributed by atoms with Gasteiger partial charge in [-0.15, -0.1) is 35.8 Å². The molecule has 0 fully saturated rings. The molecule has 0 spiro atoms. The van der Waals surface area contributed by atoms with Gasteiger partial charge in [0.1, 0.15) is 22.7 Å². The Kier molecular flexibility index (Phi) is 9.43. The second-order valence-corrected chi connectivity index (χ2v) is 10.6. The summed E-state index contributed by atoms with van der Waals surface area (Å²) in [7, 11) is 0. The third kappa shape index (κ3) is 7.03. The minimum absolute atomic E-state index is 0. The van der Waals surface area contributed by atoms with Gasteiger partial charge >= 0.3 is 5.97 Å². The van der Waals surface area contributed by atoms with E-state index in [-0.39, 0.29) is 12.4 Å². The molecule has 0 unspecified atom stereocenters. The first-order valence-corrected chi connectivity index (χ1v) is 12.4. The number of hydrogen-bond acceptors (Lipinski definition) is 6. The lowest BCUT2D eigenvalue weighted by atomic mass is 10.1. The first-order valence-electron chi connectivity index (χ1n) is 11.1. The van der Waals surface area contributed by atoms with Crippen molar-refractivity contribution in [1.29, 1.82) is 0 Å². The van der Waals surface area contributed by atoms with Crippen molar-refractivity contribution in [2.45, 2.75) is 42.5 Å². The van der Waals surface area contributed by atoms with Crippen molar-refractivity contribution in [1.82, 2.24) is 9.97 Å². The zero-order chi connectivity index (χ0) is 24.8. The first kappa shape index (κ1) is 27.6. The highest BCUT2D eigenvalue weighted by molar-refractivity contribution is 8.01. The van der Waals surface area contributed by atoms with E-state index in [2.05, 4.69) is 14.9 Å². The van der Waals surface area contributed by atoms with Gasteiger partial charge < -0.3 is 14.4 Å². The maximum Gasteiger partial charge on any atom is 0.319 e. The molecule has 0 radical (unpaired) electrons. The number of rotatable bonds is 10. The molecule has 4 aromatic rings. The van der Waals surface area contributed by atoms with Crippen LogP contribution in [0.3, 0.4) is 0 Å². The van der Waals surface area contributed by atoms with Crippen LogP contribution < -0.4 is 4.90 Å². The standard InChI is InChI=1S/C27H26ClN3O3S.ClH/c1-27(2,26(32)33)35-23-10-8-19(9-11-23)16-31(17-22-7-4-12-34-22)25-14-24(29-18-30-25)21-6-3-5-20(13-21)15-28;/h3-14,18H,15-17H2,1-2H3,(H,32,33);1H. The van der Waals surface area contributed by atoms with E-state index in [0.29, 0.717) is 19.0 Å². The van der Waals surface area contributed by atoms with E-state index >= 15 is 0 Å². The summed E-state index contributed by atoms with van der Waals surface area (Å²) in [5, 5.41) is 9.40. The van der Waals surface area contributed by atoms with Gasteiger partial charge in [-0.05, 0) is 55.3 Å². The van der Waals surface area contributed by atoms with E-state index in [0.717, 1.165) is 38.9 Å². The zero-order valence-corrected chi connectivity index (χ0v) is 22.3. The minimum Gasteiger partial charge on any atom is -0.480 e. The van der Waals surface area contributed by atoms with Crippen LogP contribution in [-0.2, 0) is 23.8 Å². The van der Waals surface area contributed by atoms with Crippen molar-refractivity contribution in [3.63, 3.8) is 0 Å². The average molecular weight is 545 g/mol. The van der Waals surface area contributed by atoms with Crippen LogP contribution in [0, 0.1) is 0 Å². The van der Waals surface area contributed by atoms with Gasteiger partial charge in [-0.25, -0.2) is 9.97 Å². The summed E-state index contributed by atoms with van der Waals surface area (Å²) in [4.78, 5) is 23.5. The normalized spacial score (nSPS) is 11.1. The number of aromatic nitrogens is 2. The van der Waals surface area contributed by atoms with E-state index < -0.39 is 10.7 Å². The summed E-state index contributed by atoms with van der Waals surface area (Å²) in [5.41, 5.74) is 3.89. The minimum atomic E-state index is -0.898. The molecule has 4 rings (SSSR count). The number of benzene rings is 2. The molecule has 1 N–H and O–H groups in total. The van der Waals surface area contributed by atoms with Crippen LogP contribution in [0.25, 0.3) is 11.3 Å². The number of alkyl halides is 1. The van der Waals surface area contributed by atoms with Crippen molar-refractivity contribution in [2.24, 2.45) is 0 Å². The number of hydrogen-bond donors (Lipinski definition) is 1. The third-order valence-corrected chi connectivity index (χ3v) is 6.97. The number of thioether (sulfide) groups is 1. The highest BCUT2D eigenvalue weighted by Crippen LogP contribution is 2.33. The van der Waals surface area contributed by atoms with Gasteiger partial charge in [0.05, 0.1) is 18.5 Å². The molecule has 188 valence electrons. The number of nitrogens with zero attached hydrogens (tertiary/aromatic N) is 3. The Labute approximate surface area is 226 Å². The Morgan fingerprint density at radius 2 is 1.81 bits per heavy atom. The van der Waals surface area contributed by atoms with Gasteiger partial charge in [0.15, 0.2) is 0 Å². The van der Waals surface area contributed by atoms with Crippen LogP contribution in [0.2, 0.25) is 0 Å². The van der Waals surface area contributed by atoms with E-state index in [1.165, 1.54) is 11.8 Å². The van der Waals surface area contributed by atoms with Crippen molar-refractivity contribution in [2.75, 3.05) is 4.90 Å². The highest BCUT2D eigenvalue weighted by Gasteiger charge is 2.28.